The normalized spacial score (nSPS) is 23.1. The van der Waals surface area contributed by atoms with E-state index < -0.39 is 6.10 Å². The lowest BCUT2D eigenvalue weighted by Gasteiger charge is -2.35. The molecule has 0 radical (unpaired) electrons. The number of anilines is 1. The monoisotopic (exact) mass is 282 g/mol. The Morgan fingerprint density at radius 3 is 2.79 bits per heavy atom. The van der Waals surface area contributed by atoms with Gasteiger partial charge in [-0.1, -0.05) is 24.4 Å². The van der Waals surface area contributed by atoms with Gasteiger partial charge in [-0.25, -0.2) is 0 Å². The van der Waals surface area contributed by atoms with Crippen LogP contribution >= 0.6 is 11.6 Å². The van der Waals surface area contributed by atoms with E-state index in [4.69, 9.17) is 17.3 Å². The molecule has 1 amide bonds. The molecule has 1 aliphatic rings. The van der Waals surface area contributed by atoms with Crippen LogP contribution in [0.4, 0.5) is 5.69 Å². The average Bonchev–Trinajstić information content (AvgIpc) is 2.40. The lowest BCUT2D eigenvalue weighted by Crippen LogP contribution is -2.46. The molecule has 2 rings (SSSR count). The van der Waals surface area contributed by atoms with Crippen molar-refractivity contribution in [1.29, 1.82) is 0 Å². The van der Waals surface area contributed by atoms with E-state index >= 15 is 0 Å². The number of nitrogen functional groups attached to an aromatic ring is 1. The van der Waals surface area contributed by atoms with E-state index in [1.165, 1.54) is 0 Å². The number of carbonyl (C=O) groups is 1. The van der Waals surface area contributed by atoms with Gasteiger partial charge in [-0.05, 0) is 31.0 Å². The van der Waals surface area contributed by atoms with Gasteiger partial charge in [0.1, 0.15) is 0 Å². The summed E-state index contributed by atoms with van der Waals surface area (Å²) in [6, 6.07) is 4.72. The SMILES string of the molecule is CN(C(=O)c1cc(N)ccc1Cl)C1CCCCC1O. The Bertz CT molecular complexity index is 479. The van der Waals surface area contributed by atoms with Gasteiger partial charge >= 0.3 is 0 Å². The highest BCUT2D eigenvalue weighted by molar-refractivity contribution is 6.34. The molecule has 1 saturated carbocycles. The first kappa shape index (κ1) is 14.2. The van der Waals surface area contributed by atoms with Crippen LogP contribution in [-0.4, -0.2) is 35.1 Å². The third kappa shape index (κ3) is 3.01. The number of hydrogen-bond acceptors (Lipinski definition) is 3. The van der Waals surface area contributed by atoms with Crippen molar-refractivity contribution in [1.82, 2.24) is 4.90 Å². The smallest absolute Gasteiger partial charge is 0.255 e. The topological polar surface area (TPSA) is 66.6 Å². The number of aliphatic hydroxyl groups excluding tert-OH is 1. The van der Waals surface area contributed by atoms with E-state index in [1.807, 2.05) is 0 Å². The number of nitrogens with zero attached hydrogens (tertiary/aromatic N) is 1. The van der Waals surface area contributed by atoms with E-state index in [2.05, 4.69) is 0 Å². The van der Waals surface area contributed by atoms with Crippen LogP contribution < -0.4 is 5.73 Å². The van der Waals surface area contributed by atoms with Crippen LogP contribution in [0.15, 0.2) is 18.2 Å². The number of halogens is 1. The third-order valence-corrected chi connectivity index (χ3v) is 4.06. The molecule has 0 heterocycles. The number of aliphatic hydroxyl groups is 1. The van der Waals surface area contributed by atoms with E-state index in [1.54, 1.807) is 30.1 Å². The van der Waals surface area contributed by atoms with Crippen LogP contribution in [0.3, 0.4) is 0 Å². The molecule has 1 aromatic carbocycles. The lowest BCUT2D eigenvalue weighted by atomic mass is 9.91. The summed E-state index contributed by atoms with van der Waals surface area (Å²) in [6.45, 7) is 0. The van der Waals surface area contributed by atoms with Gasteiger partial charge in [-0.15, -0.1) is 0 Å². The second-order valence-corrected chi connectivity index (χ2v) is 5.48. The first-order valence-corrected chi connectivity index (χ1v) is 6.88. The lowest BCUT2D eigenvalue weighted by molar-refractivity contribution is 0.0268. The van der Waals surface area contributed by atoms with E-state index in [0.717, 1.165) is 25.7 Å². The van der Waals surface area contributed by atoms with Gasteiger partial charge in [-0.2, -0.15) is 0 Å². The molecule has 104 valence electrons. The summed E-state index contributed by atoms with van der Waals surface area (Å²) in [6.07, 6.45) is 3.15. The molecule has 0 spiro atoms. The highest BCUT2D eigenvalue weighted by atomic mass is 35.5. The summed E-state index contributed by atoms with van der Waals surface area (Å²) in [7, 11) is 1.71. The van der Waals surface area contributed by atoms with E-state index in [0.29, 0.717) is 16.3 Å². The van der Waals surface area contributed by atoms with E-state index in [-0.39, 0.29) is 11.9 Å². The fourth-order valence-electron chi connectivity index (χ4n) is 2.59. The number of carbonyl (C=O) groups excluding carboxylic acids is 1. The fraction of sp³-hybridized carbons (Fsp3) is 0.500. The highest BCUT2D eigenvalue weighted by Gasteiger charge is 2.30. The second kappa shape index (κ2) is 5.80. The van der Waals surface area contributed by atoms with Gasteiger partial charge in [0.05, 0.1) is 22.7 Å². The van der Waals surface area contributed by atoms with Gasteiger partial charge in [-0.3, -0.25) is 4.79 Å². The van der Waals surface area contributed by atoms with Crippen molar-refractivity contribution < 1.29 is 9.90 Å². The molecule has 0 aliphatic heterocycles. The number of hydrogen-bond donors (Lipinski definition) is 2. The zero-order chi connectivity index (χ0) is 14.0. The third-order valence-electron chi connectivity index (χ3n) is 3.73. The fourth-order valence-corrected chi connectivity index (χ4v) is 2.79. The van der Waals surface area contributed by atoms with Crippen molar-refractivity contribution in [2.45, 2.75) is 37.8 Å². The number of benzene rings is 1. The first-order chi connectivity index (χ1) is 9.00. The molecule has 19 heavy (non-hydrogen) atoms. The van der Waals surface area contributed by atoms with Gasteiger partial charge in [0.2, 0.25) is 0 Å². The predicted molar refractivity (Wildman–Crippen MR) is 76.2 cm³/mol. The summed E-state index contributed by atoms with van der Waals surface area (Å²) in [5.41, 5.74) is 6.59. The molecule has 4 nitrogen and oxygen atoms in total. The number of amides is 1. The van der Waals surface area contributed by atoms with Gasteiger partial charge in [0, 0.05) is 12.7 Å². The maximum absolute atomic E-state index is 12.4. The molecule has 5 heteroatoms. The quantitative estimate of drug-likeness (QED) is 0.818. The number of rotatable bonds is 2. The summed E-state index contributed by atoms with van der Waals surface area (Å²) in [5.74, 6) is -0.191. The molecular formula is C14H19ClN2O2. The number of likely N-dealkylation sites (N-methyl/N-ethyl adjacent to an activating group) is 1. The molecule has 1 aromatic rings. The van der Waals surface area contributed by atoms with Crippen LogP contribution in [-0.2, 0) is 0 Å². The molecule has 2 atom stereocenters. The standard InChI is InChI=1S/C14H19ClN2O2/c1-17(12-4-2-3-5-13(12)18)14(19)10-8-9(16)6-7-11(10)15/h6-8,12-13,18H,2-5,16H2,1H3. The minimum absolute atomic E-state index is 0.140. The van der Waals surface area contributed by atoms with Crippen molar-refractivity contribution in [3.63, 3.8) is 0 Å². The summed E-state index contributed by atoms with van der Waals surface area (Å²) in [5, 5.41) is 10.4. The summed E-state index contributed by atoms with van der Waals surface area (Å²) in [4.78, 5) is 14.0. The van der Waals surface area contributed by atoms with Crippen LogP contribution in [0, 0.1) is 0 Å². The van der Waals surface area contributed by atoms with Crippen molar-refractivity contribution >= 4 is 23.2 Å². The average molecular weight is 283 g/mol. The Kier molecular flexibility index (Phi) is 4.32. The van der Waals surface area contributed by atoms with Gasteiger partial charge in [0.15, 0.2) is 0 Å². The summed E-state index contributed by atoms with van der Waals surface area (Å²) >= 11 is 6.04. The maximum Gasteiger partial charge on any atom is 0.255 e. The van der Waals surface area contributed by atoms with Crippen molar-refractivity contribution in [2.75, 3.05) is 12.8 Å². The van der Waals surface area contributed by atoms with E-state index in [9.17, 15) is 9.90 Å². The minimum Gasteiger partial charge on any atom is -0.399 e. The van der Waals surface area contributed by atoms with Crippen LogP contribution in [0.5, 0.6) is 0 Å². The van der Waals surface area contributed by atoms with Crippen molar-refractivity contribution in [3.05, 3.63) is 28.8 Å². The van der Waals surface area contributed by atoms with Crippen LogP contribution in [0.1, 0.15) is 36.0 Å². The molecule has 3 N–H and O–H groups in total. The number of nitrogens with two attached hydrogens (primary N) is 1. The Morgan fingerprint density at radius 2 is 2.11 bits per heavy atom. The Morgan fingerprint density at radius 1 is 1.42 bits per heavy atom. The largest absolute Gasteiger partial charge is 0.399 e. The molecular weight excluding hydrogens is 264 g/mol. The van der Waals surface area contributed by atoms with Gasteiger partial charge in [0.25, 0.3) is 5.91 Å². The molecule has 2 unspecified atom stereocenters. The summed E-state index contributed by atoms with van der Waals surface area (Å²) < 4.78 is 0. The van der Waals surface area contributed by atoms with Crippen LogP contribution in [0.25, 0.3) is 0 Å². The van der Waals surface area contributed by atoms with Crippen molar-refractivity contribution in [2.24, 2.45) is 0 Å². The first-order valence-electron chi connectivity index (χ1n) is 6.51. The Hall–Kier alpha value is -1.26. The van der Waals surface area contributed by atoms with Crippen LogP contribution in [0.2, 0.25) is 5.02 Å². The minimum atomic E-state index is -0.456. The Labute approximate surface area is 118 Å². The molecule has 0 bridgehead atoms. The molecule has 1 fully saturated rings. The molecule has 0 aromatic heterocycles. The Balaban J connectivity index is 2.20. The van der Waals surface area contributed by atoms with Crippen molar-refractivity contribution in [3.8, 4) is 0 Å². The maximum atomic E-state index is 12.4. The van der Waals surface area contributed by atoms with Gasteiger partial charge < -0.3 is 15.7 Å². The molecule has 0 saturated heterocycles. The molecule has 1 aliphatic carbocycles. The second-order valence-electron chi connectivity index (χ2n) is 5.07. The highest BCUT2D eigenvalue weighted by Crippen LogP contribution is 2.26. The zero-order valence-electron chi connectivity index (χ0n) is 11.0. The zero-order valence-corrected chi connectivity index (χ0v) is 11.7. The predicted octanol–water partition coefficient (Wildman–Crippen LogP) is 2.30.